The molecule has 1 aromatic heterocycles. The number of nitrogens with zero attached hydrogens (tertiary/aromatic N) is 3. The highest BCUT2D eigenvalue weighted by Gasteiger charge is 2.19. The van der Waals surface area contributed by atoms with Gasteiger partial charge in [-0.2, -0.15) is 5.10 Å². The summed E-state index contributed by atoms with van der Waals surface area (Å²) in [7, 11) is 0. The van der Waals surface area contributed by atoms with Gasteiger partial charge in [0, 0.05) is 19.2 Å². The fourth-order valence-corrected chi connectivity index (χ4v) is 2.34. The molecule has 1 aromatic rings. The number of hydrogen-bond donors (Lipinski definition) is 1. The molecule has 2 unspecified atom stereocenters. The highest BCUT2D eigenvalue weighted by molar-refractivity contribution is 4.86. The van der Waals surface area contributed by atoms with Crippen LogP contribution in [0.4, 0.5) is 0 Å². The Morgan fingerprint density at radius 2 is 2.39 bits per heavy atom. The van der Waals surface area contributed by atoms with Crippen molar-refractivity contribution < 1.29 is 4.74 Å². The number of hydrogen-bond acceptors (Lipinski definition) is 4. The van der Waals surface area contributed by atoms with Gasteiger partial charge in [-0.3, -0.25) is 0 Å². The minimum absolute atomic E-state index is 0.366. The summed E-state index contributed by atoms with van der Waals surface area (Å²) in [5.74, 6) is 1.62. The van der Waals surface area contributed by atoms with E-state index in [9.17, 15) is 0 Å². The van der Waals surface area contributed by atoms with Crippen molar-refractivity contribution in [3.8, 4) is 0 Å². The zero-order chi connectivity index (χ0) is 13.0. The van der Waals surface area contributed by atoms with Crippen molar-refractivity contribution in [1.82, 2.24) is 20.1 Å². The van der Waals surface area contributed by atoms with E-state index >= 15 is 0 Å². The molecule has 102 valence electrons. The van der Waals surface area contributed by atoms with Crippen LogP contribution in [0.1, 0.15) is 39.4 Å². The van der Waals surface area contributed by atoms with E-state index in [2.05, 4.69) is 36.2 Å². The average Bonchev–Trinajstić information content (AvgIpc) is 2.73. The molecular weight excluding hydrogens is 228 g/mol. The van der Waals surface area contributed by atoms with Crippen LogP contribution in [0.15, 0.2) is 6.33 Å². The number of aromatic nitrogens is 3. The molecule has 1 aliphatic rings. The molecule has 2 rings (SSSR count). The Morgan fingerprint density at radius 1 is 1.56 bits per heavy atom. The molecule has 1 saturated heterocycles. The van der Waals surface area contributed by atoms with Crippen LogP contribution >= 0.6 is 0 Å². The summed E-state index contributed by atoms with van der Waals surface area (Å²) < 4.78 is 7.55. The molecule has 2 atom stereocenters. The second-order valence-corrected chi connectivity index (χ2v) is 5.54. The van der Waals surface area contributed by atoms with Crippen molar-refractivity contribution in [2.24, 2.45) is 5.92 Å². The lowest BCUT2D eigenvalue weighted by Crippen LogP contribution is -2.38. The van der Waals surface area contributed by atoms with Gasteiger partial charge < -0.3 is 10.1 Å². The van der Waals surface area contributed by atoms with Crippen LogP contribution in [-0.2, 0) is 17.8 Å². The monoisotopic (exact) mass is 252 g/mol. The Hall–Kier alpha value is -0.940. The molecular formula is C13H24N4O. The van der Waals surface area contributed by atoms with Gasteiger partial charge in [0.05, 0.1) is 12.6 Å². The predicted molar refractivity (Wildman–Crippen MR) is 70.1 cm³/mol. The van der Waals surface area contributed by atoms with Gasteiger partial charge in [0.2, 0.25) is 0 Å². The lowest BCUT2D eigenvalue weighted by molar-refractivity contribution is 0.0128. The van der Waals surface area contributed by atoms with Crippen molar-refractivity contribution in [2.75, 3.05) is 6.61 Å². The highest BCUT2D eigenvalue weighted by atomic mass is 16.5. The van der Waals surface area contributed by atoms with Gasteiger partial charge in [0.1, 0.15) is 12.2 Å². The van der Waals surface area contributed by atoms with Crippen LogP contribution in [0.2, 0.25) is 0 Å². The van der Waals surface area contributed by atoms with Gasteiger partial charge in [0.15, 0.2) is 0 Å². The first-order chi connectivity index (χ1) is 8.65. The topological polar surface area (TPSA) is 52.0 Å². The van der Waals surface area contributed by atoms with Gasteiger partial charge in [-0.05, 0) is 25.7 Å². The zero-order valence-electron chi connectivity index (χ0n) is 11.6. The van der Waals surface area contributed by atoms with E-state index in [1.165, 1.54) is 0 Å². The second-order valence-electron chi connectivity index (χ2n) is 5.54. The molecule has 0 radical (unpaired) electrons. The van der Waals surface area contributed by atoms with E-state index < -0.39 is 0 Å². The molecule has 18 heavy (non-hydrogen) atoms. The third-order valence-corrected chi connectivity index (χ3v) is 3.27. The maximum atomic E-state index is 5.55. The van der Waals surface area contributed by atoms with Crippen LogP contribution in [-0.4, -0.2) is 33.5 Å². The lowest BCUT2D eigenvalue weighted by Gasteiger charge is -2.28. The van der Waals surface area contributed by atoms with Gasteiger partial charge in [-0.15, -0.1) is 0 Å². The Bertz CT molecular complexity index is 364. The smallest absolute Gasteiger partial charge is 0.140 e. The molecule has 0 bridgehead atoms. The van der Waals surface area contributed by atoms with Crippen LogP contribution < -0.4 is 5.32 Å². The molecule has 0 amide bonds. The summed E-state index contributed by atoms with van der Waals surface area (Å²) in [6.07, 6.45) is 4.18. The number of rotatable bonds is 5. The van der Waals surface area contributed by atoms with Gasteiger partial charge in [-0.1, -0.05) is 13.8 Å². The van der Waals surface area contributed by atoms with Crippen molar-refractivity contribution in [3.63, 3.8) is 0 Å². The maximum Gasteiger partial charge on any atom is 0.140 e. The SMILES string of the molecule is CC(C)Cn1ncnc1CNC1CCOC(C)C1. The van der Waals surface area contributed by atoms with E-state index in [1.807, 2.05) is 4.68 Å². The average molecular weight is 252 g/mol. The van der Waals surface area contributed by atoms with E-state index in [0.29, 0.717) is 18.1 Å². The summed E-state index contributed by atoms with van der Waals surface area (Å²) >= 11 is 0. The van der Waals surface area contributed by atoms with Crippen LogP contribution in [0.3, 0.4) is 0 Å². The van der Waals surface area contributed by atoms with E-state index in [4.69, 9.17) is 4.74 Å². The fraction of sp³-hybridized carbons (Fsp3) is 0.846. The van der Waals surface area contributed by atoms with Gasteiger partial charge in [0.25, 0.3) is 0 Å². The van der Waals surface area contributed by atoms with E-state index in [-0.39, 0.29) is 0 Å². The first-order valence-corrected chi connectivity index (χ1v) is 6.87. The summed E-state index contributed by atoms with van der Waals surface area (Å²) in [6.45, 7) is 9.11. The third-order valence-electron chi connectivity index (χ3n) is 3.27. The molecule has 1 fully saturated rings. The summed E-state index contributed by atoms with van der Waals surface area (Å²) in [6, 6.07) is 0.540. The first-order valence-electron chi connectivity index (χ1n) is 6.87. The van der Waals surface area contributed by atoms with Crippen molar-refractivity contribution in [3.05, 3.63) is 12.2 Å². The minimum atomic E-state index is 0.366. The van der Waals surface area contributed by atoms with Crippen molar-refractivity contribution in [1.29, 1.82) is 0 Å². The fourth-order valence-electron chi connectivity index (χ4n) is 2.34. The molecule has 5 heteroatoms. The summed E-state index contributed by atoms with van der Waals surface area (Å²) in [4.78, 5) is 4.33. The van der Waals surface area contributed by atoms with E-state index in [1.54, 1.807) is 6.33 Å². The standard InChI is InChI=1S/C13H24N4O/c1-10(2)8-17-13(15-9-16-17)7-14-12-4-5-18-11(3)6-12/h9-12,14H,4-8H2,1-3H3. The summed E-state index contributed by atoms with van der Waals surface area (Å²) in [5, 5.41) is 7.84. The molecule has 0 spiro atoms. The Balaban J connectivity index is 1.84. The minimum Gasteiger partial charge on any atom is -0.378 e. The lowest BCUT2D eigenvalue weighted by atomic mass is 10.0. The number of ether oxygens (including phenoxy) is 1. The molecule has 0 saturated carbocycles. The van der Waals surface area contributed by atoms with Gasteiger partial charge >= 0.3 is 0 Å². The predicted octanol–water partition coefficient (Wildman–Crippen LogP) is 1.59. The zero-order valence-corrected chi connectivity index (χ0v) is 11.6. The highest BCUT2D eigenvalue weighted by Crippen LogP contribution is 2.13. The molecule has 5 nitrogen and oxygen atoms in total. The Morgan fingerprint density at radius 3 is 3.11 bits per heavy atom. The van der Waals surface area contributed by atoms with Crippen LogP contribution in [0.25, 0.3) is 0 Å². The normalized spacial score (nSPS) is 24.7. The number of nitrogens with one attached hydrogen (secondary N) is 1. The maximum absolute atomic E-state index is 5.55. The Labute approximate surface area is 109 Å². The van der Waals surface area contributed by atoms with Crippen LogP contribution in [0.5, 0.6) is 0 Å². The summed E-state index contributed by atoms with van der Waals surface area (Å²) in [5.41, 5.74) is 0. The quantitative estimate of drug-likeness (QED) is 0.864. The van der Waals surface area contributed by atoms with Gasteiger partial charge in [-0.25, -0.2) is 9.67 Å². The molecule has 0 aliphatic carbocycles. The van der Waals surface area contributed by atoms with E-state index in [0.717, 1.165) is 38.4 Å². The molecule has 1 N–H and O–H groups in total. The molecule has 2 heterocycles. The second kappa shape index (κ2) is 6.29. The largest absolute Gasteiger partial charge is 0.378 e. The van der Waals surface area contributed by atoms with Crippen molar-refractivity contribution >= 4 is 0 Å². The third kappa shape index (κ3) is 3.78. The first kappa shape index (κ1) is 13.5. The van der Waals surface area contributed by atoms with Crippen LogP contribution in [0, 0.1) is 5.92 Å². The molecule has 1 aliphatic heterocycles. The Kier molecular flexibility index (Phi) is 4.72. The molecule has 0 aromatic carbocycles. The van der Waals surface area contributed by atoms with Crippen molar-refractivity contribution in [2.45, 2.75) is 58.8 Å².